The van der Waals surface area contributed by atoms with Gasteiger partial charge in [0, 0.05) is 35.9 Å². The lowest BCUT2D eigenvalue weighted by molar-refractivity contribution is -0.0465. The number of aliphatic hydroxyl groups is 1. The summed E-state index contributed by atoms with van der Waals surface area (Å²) in [6.07, 6.45) is 3.04. The van der Waals surface area contributed by atoms with Crippen LogP contribution in [0.15, 0.2) is 18.3 Å². The Kier molecular flexibility index (Phi) is 4.95. The van der Waals surface area contributed by atoms with Crippen molar-refractivity contribution in [2.75, 3.05) is 5.32 Å². The van der Waals surface area contributed by atoms with Gasteiger partial charge in [0.05, 0.1) is 18.2 Å². The highest BCUT2D eigenvalue weighted by Crippen LogP contribution is 2.44. The average Bonchev–Trinajstić information content (AvgIpc) is 3.42. The van der Waals surface area contributed by atoms with Crippen LogP contribution in [0.1, 0.15) is 36.6 Å². The number of carbonyl (C=O) groups excluding carboxylic acids is 1. The third-order valence-electron chi connectivity index (χ3n) is 5.11. The van der Waals surface area contributed by atoms with Gasteiger partial charge in [0.25, 0.3) is 5.92 Å². The molecule has 10 heteroatoms. The summed E-state index contributed by atoms with van der Waals surface area (Å²) in [6.45, 7) is 0.192. The molecular weight excluding hydrogens is 421 g/mol. The van der Waals surface area contributed by atoms with E-state index in [1.165, 1.54) is 16.9 Å². The fraction of sp³-hybridized carbons (Fsp3) is 0.400. The SMILES string of the molecule is CC(F)(F)[C@@]1(C#CC2CC2)NC(=O)Nc2cc(Cn3cc(Cl)c(CO)n3)c(F)cc21. The molecule has 3 N–H and O–H groups in total. The summed E-state index contributed by atoms with van der Waals surface area (Å²) in [6, 6.07) is 1.40. The molecule has 2 aromatic rings. The fourth-order valence-corrected chi connectivity index (χ4v) is 3.55. The summed E-state index contributed by atoms with van der Waals surface area (Å²) >= 11 is 5.94. The van der Waals surface area contributed by atoms with E-state index in [1.807, 2.05) is 0 Å². The van der Waals surface area contributed by atoms with Crippen LogP contribution in [0.25, 0.3) is 0 Å². The van der Waals surface area contributed by atoms with Gasteiger partial charge in [0.2, 0.25) is 0 Å². The molecule has 0 bridgehead atoms. The Hall–Kier alpha value is -2.70. The Morgan fingerprint density at radius 2 is 2.17 bits per heavy atom. The van der Waals surface area contributed by atoms with E-state index >= 15 is 0 Å². The van der Waals surface area contributed by atoms with Gasteiger partial charge in [-0.25, -0.2) is 18.0 Å². The van der Waals surface area contributed by atoms with Gasteiger partial charge in [-0.2, -0.15) is 5.10 Å². The van der Waals surface area contributed by atoms with E-state index in [2.05, 4.69) is 27.6 Å². The first-order chi connectivity index (χ1) is 14.1. The standard InChI is InChI=1S/C20H18ClF3N4O2/c1-19(23,24)20(5-4-11-2-3-11)13-7-15(22)12(6-16(13)25-18(30)26-20)8-28-9-14(21)17(10-29)27-28/h6-7,9,11,29H,2-3,8,10H2,1H3,(H2,25,26,30)/t20-/m0/s1. The lowest BCUT2D eigenvalue weighted by Crippen LogP contribution is -2.59. The lowest BCUT2D eigenvalue weighted by atomic mass is 9.81. The predicted molar refractivity (Wildman–Crippen MR) is 104 cm³/mol. The molecule has 6 nitrogen and oxygen atoms in total. The number of nitrogens with zero attached hydrogens (tertiary/aromatic N) is 2. The van der Waals surface area contributed by atoms with E-state index in [0.29, 0.717) is 6.92 Å². The molecule has 30 heavy (non-hydrogen) atoms. The van der Waals surface area contributed by atoms with Gasteiger partial charge in [-0.15, -0.1) is 0 Å². The first kappa shape index (κ1) is 20.6. The maximum Gasteiger partial charge on any atom is 0.320 e. The van der Waals surface area contributed by atoms with Crippen molar-refractivity contribution in [2.24, 2.45) is 5.92 Å². The third kappa shape index (κ3) is 3.61. The van der Waals surface area contributed by atoms with Crippen LogP contribution < -0.4 is 10.6 Å². The van der Waals surface area contributed by atoms with Crippen molar-refractivity contribution in [3.63, 3.8) is 0 Å². The number of amides is 2. The minimum atomic E-state index is -3.47. The fourth-order valence-electron chi connectivity index (χ4n) is 3.34. The summed E-state index contributed by atoms with van der Waals surface area (Å²) in [4.78, 5) is 12.2. The number of halogens is 4. The van der Waals surface area contributed by atoms with E-state index < -0.39 is 23.3 Å². The number of benzene rings is 1. The Morgan fingerprint density at radius 3 is 2.77 bits per heavy atom. The molecule has 1 fully saturated rings. The summed E-state index contributed by atoms with van der Waals surface area (Å²) in [5.41, 5.74) is -2.11. The second-order valence-electron chi connectivity index (χ2n) is 7.53. The molecule has 1 aliphatic carbocycles. The van der Waals surface area contributed by atoms with Crippen molar-refractivity contribution in [3.8, 4) is 11.8 Å². The highest BCUT2D eigenvalue weighted by atomic mass is 35.5. The minimum absolute atomic E-state index is 0.00821. The summed E-state index contributed by atoms with van der Waals surface area (Å²) < 4.78 is 45.7. The first-order valence-corrected chi connectivity index (χ1v) is 9.66. The van der Waals surface area contributed by atoms with Gasteiger partial charge in [0.1, 0.15) is 11.5 Å². The van der Waals surface area contributed by atoms with Crippen molar-refractivity contribution in [2.45, 2.75) is 44.4 Å². The number of nitrogens with one attached hydrogen (secondary N) is 2. The van der Waals surface area contributed by atoms with Crippen molar-refractivity contribution in [1.82, 2.24) is 15.1 Å². The Labute approximate surface area is 175 Å². The average molecular weight is 439 g/mol. The topological polar surface area (TPSA) is 79.2 Å². The molecule has 0 unspecified atom stereocenters. The van der Waals surface area contributed by atoms with Crippen LogP contribution >= 0.6 is 11.6 Å². The van der Waals surface area contributed by atoms with Crippen molar-refractivity contribution in [1.29, 1.82) is 0 Å². The van der Waals surface area contributed by atoms with Gasteiger partial charge in [-0.05, 0) is 25.0 Å². The molecule has 2 aliphatic rings. The van der Waals surface area contributed by atoms with Crippen molar-refractivity contribution in [3.05, 3.63) is 46.0 Å². The largest absolute Gasteiger partial charge is 0.390 e. The highest BCUT2D eigenvalue weighted by molar-refractivity contribution is 6.31. The van der Waals surface area contributed by atoms with Gasteiger partial charge in [0.15, 0.2) is 5.54 Å². The molecule has 0 spiro atoms. The van der Waals surface area contributed by atoms with Crippen molar-refractivity contribution < 1.29 is 23.1 Å². The van der Waals surface area contributed by atoms with Crippen LogP contribution in [0.4, 0.5) is 23.7 Å². The molecule has 1 aromatic carbocycles. The Morgan fingerprint density at radius 1 is 1.43 bits per heavy atom. The molecule has 2 amide bonds. The van der Waals surface area contributed by atoms with E-state index in [0.717, 1.165) is 18.9 Å². The van der Waals surface area contributed by atoms with Crippen LogP contribution in [0, 0.1) is 23.6 Å². The number of anilines is 1. The first-order valence-electron chi connectivity index (χ1n) is 9.28. The quantitative estimate of drug-likeness (QED) is 0.638. The number of aliphatic hydroxyl groups excluding tert-OH is 1. The van der Waals surface area contributed by atoms with E-state index in [4.69, 9.17) is 11.6 Å². The van der Waals surface area contributed by atoms with Gasteiger partial charge < -0.3 is 15.7 Å². The Balaban J connectivity index is 1.79. The highest BCUT2D eigenvalue weighted by Gasteiger charge is 2.55. The van der Waals surface area contributed by atoms with Crippen LogP contribution in [-0.2, 0) is 18.7 Å². The van der Waals surface area contributed by atoms with Crippen LogP contribution in [0.5, 0.6) is 0 Å². The molecule has 1 atom stereocenters. The second kappa shape index (κ2) is 7.22. The van der Waals surface area contributed by atoms with Gasteiger partial charge in [-0.1, -0.05) is 23.4 Å². The number of aromatic nitrogens is 2. The third-order valence-corrected chi connectivity index (χ3v) is 5.42. The summed E-state index contributed by atoms with van der Waals surface area (Å²) in [5.74, 6) is 1.09. The monoisotopic (exact) mass is 438 g/mol. The number of hydrogen-bond donors (Lipinski definition) is 3. The van der Waals surface area contributed by atoms with Crippen molar-refractivity contribution >= 4 is 23.3 Å². The zero-order valence-electron chi connectivity index (χ0n) is 15.9. The summed E-state index contributed by atoms with van der Waals surface area (Å²) in [5, 5.41) is 18.1. The zero-order valence-corrected chi connectivity index (χ0v) is 16.7. The number of hydrogen-bond acceptors (Lipinski definition) is 3. The van der Waals surface area contributed by atoms with Gasteiger partial charge >= 0.3 is 6.03 Å². The molecule has 158 valence electrons. The zero-order chi connectivity index (χ0) is 21.7. The van der Waals surface area contributed by atoms with Crippen LogP contribution in [0.3, 0.4) is 0 Å². The lowest BCUT2D eigenvalue weighted by Gasteiger charge is -2.40. The molecule has 2 heterocycles. The smallest absolute Gasteiger partial charge is 0.320 e. The van der Waals surface area contributed by atoms with Crippen LogP contribution in [-0.4, -0.2) is 26.8 Å². The minimum Gasteiger partial charge on any atom is -0.390 e. The molecule has 4 rings (SSSR count). The molecule has 1 saturated carbocycles. The number of fused-ring (bicyclic) bond motifs is 1. The maximum absolute atomic E-state index is 14.9. The molecule has 1 aromatic heterocycles. The molecule has 1 aliphatic heterocycles. The van der Waals surface area contributed by atoms with E-state index in [-0.39, 0.29) is 46.6 Å². The van der Waals surface area contributed by atoms with Gasteiger partial charge in [-0.3, -0.25) is 4.68 Å². The molecular formula is C20H18ClF3N4O2. The second-order valence-corrected chi connectivity index (χ2v) is 7.94. The molecule has 0 saturated heterocycles. The van der Waals surface area contributed by atoms with E-state index in [1.54, 1.807) is 0 Å². The normalized spacial score (nSPS) is 20.7. The Bertz CT molecular complexity index is 1080. The van der Waals surface area contributed by atoms with Crippen LogP contribution in [0.2, 0.25) is 5.02 Å². The number of carbonyl (C=O) groups is 1. The summed E-state index contributed by atoms with van der Waals surface area (Å²) in [7, 11) is 0. The van der Waals surface area contributed by atoms with E-state index in [9.17, 15) is 23.1 Å². The maximum atomic E-state index is 14.9. The number of alkyl halides is 2. The number of urea groups is 1. The molecule has 0 radical (unpaired) electrons. The number of rotatable bonds is 4. The predicted octanol–water partition coefficient (Wildman–Crippen LogP) is 3.62.